The van der Waals surface area contributed by atoms with Crippen LogP contribution in [-0.4, -0.2) is 9.55 Å². The highest BCUT2D eigenvalue weighted by molar-refractivity contribution is 5.79. The van der Waals surface area contributed by atoms with Gasteiger partial charge >= 0.3 is 0 Å². The average Bonchev–Trinajstić information content (AvgIpc) is 2.49. The number of nitrogens with one attached hydrogen (secondary N) is 1. The molecule has 0 radical (unpaired) electrons. The first-order valence-corrected chi connectivity index (χ1v) is 4.52. The minimum Gasteiger partial charge on any atom is -0.339 e. The molecule has 2 aromatic heterocycles. The Hall–Kier alpha value is -1.77. The Labute approximate surface area is 81.7 Å². The zero-order chi connectivity index (χ0) is 10.1. The highest BCUT2D eigenvalue weighted by Crippen LogP contribution is 2.11. The molecular weight excluding hydrogens is 176 g/mol. The van der Waals surface area contributed by atoms with E-state index in [4.69, 9.17) is 0 Å². The van der Waals surface area contributed by atoms with Gasteiger partial charge < -0.3 is 9.55 Å². The summed E-state index contributed by atoms with van der Waals surface area (Å²) in [6, 6.07) is 3.91. The van der Waals surface area contributed by atoms with Crippen LogP contribution < -0.4 is 5.56 Å². The molecule has 0 saturated heterocycles. The monoisotopic (exact) mass is 188 g/mol. The molecule has 0 fully saturated rings. The molecule has 0 aliphatic carbocycles. The Morgan fingerprint density at radius 3 is 3.14 bits per heavy atom. The molecule has 0 amide bonds. The van der Waals surface area contributed by atoms with E-state index < -0.39 is 0 Å². The minimum absolute atomic E-state index is 0.0353. The number of nitrogens with zero attached hydrogens (tertiary/aromatic N) is 1. The van der Waals surface area contributed by atoms with Gasteiger partial charge in [-0.1, -0.05) is 6.08 Å². The molecule has 0 aromatic carbocycles. The van der Waals surface area contributed by atoms with E-state index in [1.54, 1.807) is 6.08 Å². The summed E-state index contributed by atoms with van der Waals surface area (Å²) in [6.45, 7) is 6.20. The van der Waals surface area contributed by atoms with Gasteiger partial charge in [-0.25, -0.2) is 0 Å². The fourth-order valence-electron chi connectivity index (χ4n) is 1.67. The molecule has 72 valence electrons. The van der Waals surface area contributed by atoms with E-state index in [0.717, 1.165) is 16.6 Å². The zero-order valence-electron chi connectivity index (χ0n) is 8.08. The van der Waals surface area contributed by atoms with Gasteiger partial charge in [0, 0.05) is 23.8 Å². The maximum absolute atomic E-state index is 11.6. The number of rotatable bonds is 2. The SMILES string of the molecule is C=CCn1ccc2cc(C)[nH]c(=O)c21. The average molecular weight is 188 g/mol. The Kier molecular flexibility index (Phi) is 2.00. The lowest BCUT2D eigenvalue weighted by molar-refractivity contribution is 0.858. The largest absolute Gasteiger partial charge is 0.339 e. The normalized spacial score (nSPS) is 10.6. The summed E-state index contributed by atoms with van der Waals surface area (Å²) >= 11 is 0. The number of hydrogen-bond donors (Lipinski definition) is 1. The summed E-state index contributed by atoms with van der Waals surface area (Å²) < 4.78 is 1.89. The van der Waals surface area contributed by atoms with Crippen molar-refractivity contribution >= 4 is 10.9 Å². The van der Waals surface area contributed by atoms with Gasteiger partial charge in [-0.3, -0.25) is 4.79 Å². The smallest absolute Gasteiger partial charge is 0.272 e. The summed E-state index contributed by atoms with van der Waals surface area (Å²) in [5.74, 6) is 0. The summed E-state index contributed by atoms with van der Waals surface area (Å²) in [7, 11) is 0. The van der Waals surface area contributed by atoms with E-state index in [9.17, 15) is 4.79 Å². The molecule has 0 unspecified atom stereocenters. The van der Waals surface area contributed by atoms with E-state index in [0.29, 0.717) is 6.54 Å². The third-order valence-electron chi connectivity index (χ3n) is 2.22. The van der Waals surface area contributed by atoms with E-state index in [1.807, 2.05) is 29.8 Å². The fraction of sp³-hybridized carbons (Fsp3) is 0.182. The van der Waals surface area contributed by atoms with Crippen LogP contribution in [0.5, 0.6) is 0 Å². The molecule has 2 rings (SSSR count). The Morgan fingerprint density at radius 1 is 1.64 bits per heavy atom. The third-order valence-corrected chi connectivity index (χ3v) is 2.22. The molecule has 14 heavy (non-hydrogen) atoms. The van der Waals surface area contributed by atoms with Crippen molar-refractivity contribution in [1.82, 2.24) is 9.55 Å². The number of aryl methyl sites for hydroxylation is 1. The highest BCUT2D eigenvalue weighted by atomic mass is 16.1. The third kappa shape index (κ3) is 1.27. The van der Waals surface area contributed by atoms with Crippen molar-refractivity contribution in [1.29, 1.82) is 0 Å². The first-order valence-electron chi connectivity index (χ1n) is 4.52. The van der Waals surface area contributed by atoms with Crippen LogP contribution in [0.25, 0.3) is 10.9 Å². The summed E-state index contributed by atoms with van der Waals surface area (Å²) in [5, 5.41) is 0.980. The van der Waals surface area contributed by atoms with Crippen molar-refractivity contribution in [2.75, 3.05) is 0 Å². The number of pyridine rings is 1. The van der Waals surface area contributed by atoms with E-state index >= 15 is 0 Å². The fourth-order valence-corrected chi connectivity index (χ4v) is 1.67. The van der Waals surface area contributed by atoms with Crippen molar-refractivity contribution in [2.45, 2.75) is 13.5 Å². The lowest BCUT2D eigenvalue weighted by Gasteiger charge is -2.00. The second-order valence-electron chi connectivity index (χ2n) is 3.34. The maximum atomic E-state index is 11.6. The second-order valence-corrected chi connectivity index (χ2v) is 3.34. The van der Waals surface area contributed by atoms with Gasteiger partial charge in [0.15, 0.2) is 0 Å². The molecule has 0 bridgehead atoms. The van der Waals surface area contributed by atoms with E-state index in [2.05, 4.69) is 11.6 Å². The quantitative estimate of drug-likeness (QED) is 0.717. The van der Waals surface area contributed by atoms with Crippen LogP contribution in [0.15, 0.2) is 35.8 Å². The predicted molar refractivity (Wildman–Crippen MR) is 57.5 cm³/mol. The van der Waals surface area contributed by atoms with Gasteiger partial charge in [0.25, 0.3) is 5.56 Å². The first kappa shape index (κ1) is 8.81. The number of fused-ring (bicyclic) bond motifs is 1. The second kappa shape index (κ2) is 3.18. The Bertz CT molecular complexity index is 534. The van der Waals surface area contributed by atoms with Gasteiger partial charge in [-0.2, -0.15) is 0 Å². The summed E-state index contributed by atoms with van der Waals surface area (Å²) in [6.07, 6.45) is 3.68. The summed E-state index contributed by atoms with van der Waals surface area (Å²) in [4.78, 5) is 14.4. The van der Waals surface area contributed by atoms with Gasteiger partial charge in [0.05, 0.1) is 0 Å². The molecule has 2 heterocycles. The summed E-state index contributed by atoms with van der Waals surface area (Å²) in [5.41, 5.74) is 1.57. The first-order chi connectivity index (χ1) is 6.72. The Balaban J connectivity index is 2.79. The maximum Gasteiger partial charge on any atom is 0.272 e. The zero-order valence-corrected chi connectivity index (χ0v) is 8.08. The van der Waals surface area contributed by atoms with E-state index in [-0.39, 0.29) is 5.56 Å². The Morgan fingerprint density at radius 2 is 2.43 bits per heavy atom. The van der Waals surface area contributed by atoms with Gasteiger partial charge in [0.1, 0.15) is 5.52 Å². The predicted octanol–water partition coefficient (Wildman–Crippen LogP) is 1.82. The van der Waals surface area contributed by atoms with Crippen molar-refractivity contribution in [3.05, 3.63) is 47.0 Å². The molecule has 2 aromatic rings. The van der Waals surface area contributed by atoms with Crippen LogP contribution in [0.2, 0.25) is 0 Å². The van der Waals surface area contributed by atoms with Crippen LogP contribution in [0.4, 0.5) is 0 Å². The lowest BCUT2D eigenvalue weighted by atomic mass is 10.3. The molecule has 0 aliphatic heterocycles. The molecule has 3 heteroatoms. The van der Waals surface area contributed by atoms with Crippen molar-refractivity contribution in [3.8, 4) is 0 Å². The topological polar surface area (TPSA) is 37.8 Å². The van der Waals surface area contributed by atoms with Gasteiger partial charge in [-0.15, -0.1) is 6.58 Å². The van der Waals surface area contributed by atoms with Crippen molar-refractivity contribution in [2.24, 2.45) is 0 Å². The minimum atomic E-state index is -0.0353. The molecule has 1 N–H and O–H groups in total. The van der Waals surface area contributed by atoms with Crippen molar-refractivity contribution < 1.29 is 0 Å². The lowest BCUT2D eigenvalue weighted by Crippen LogP contribution is -2.11. The number of aromatic amines is 1. The van der Waals surface area contributed by atoms with E-state index in [1.165, 1.54) is 0 Å². The molecule has 0 atom stereocenters. The molecule has 0 saturated carbocycles. The van der Waals surface area contributed by atoms with Crippen LogP contribution in [0, 0.1) is 6.92 Å². The number of hydrogen-bond acceptors (Lipinski definition) is 1. The highest BCUT2D eigenvalue weighted by Gasteiger charge is 2.04. The number of aromatic nitrogens is 2. The van der Waals surface area contributed by atoms with Gasteiger partial charge in [0.2, 0.25) is 0 Å². The molecule has 3 nitrogen and oxygen atoms in total. The number of H-pyrrole nitrogens is 1. The molecular formula is C11H12N2O. The van der Waals surface area contributed by atoms with Crippen LogP contribution in [0.3, 0.4) is 0 Å². The standard InChI is InChI=1S/C11H12N2O/c1-3-5-13-6-4-9-7-8(2)12-11(14)10(9)13/h3-4,6-7H,1,5H2,2H3,(H,12,14). The molecule has 0 aliphatic rings. The molecule has 0 spiro atoms. The van der Waals surface area contributed by atoms with Crippen molar-refractivity contribution in [3.63, 3.8) is 0 Å². The van der Waals surface area contributed by atoms with Crippen LogP contribution >= 0.6 is 0 Å². The number of allylic oxidation sites excluding steroid dienone is 1. The van der Waals surface area contributed by atoms with Crippen LogP contribution in [0.1, 0.15) is 5.69 Å². The van der Waals surface area contributed by atoms with Gasteiger partial charge in [-0.05, 0) is 19.1 Å². The van der Waals surface area contributed by atoms with Crippen LogP contribution in [-0.2, 0) is 6.54 Å².